The second-order valence-electron chi connectivity index (χ2n) is 7.29. The number of sulfonamides is 1. The molecule has 1 saturated heterocycles. The van der Waals surface area contributed by atoms with Gasteiger partial charge in [0.25, 0.3) is 0 Å². The lowest BCUT2D eigenvalue weighted by molar-refractivity contribution is -0.116. The van der Waals surface area contributed by atoms with Crippen molar-refractivity contribution < 1.29 is 13.2 Å². The summed E-state index contributed by atoms with van der Waals surface area (Å²) in [6.45, 7) is 1.76. The topological polar surface area (TPSA) is 84.3 Å². The van der Waals surface area contributed by atoms with Gasteiger partial charge in [0.15, 0.2) is 0 Å². The van der Waals surface area contributed by atoms with Crippen molar-refractivity contribution in [3.05, 3.63) is 71.2 Å². The molecule has 0 saturated carbocycles. The van der Waals surface area contributed by atoms with Crippen molar-refractivity contribution in [2.75, 3.05) is 25.4 Å². The maximum absolute atomic E-state index is 12.3. The van der Waals surface area contributed by atoms with E-state index >= 15 is 0 Å². The summed E-state index contributed by atoms with van der Waals surface area (Å²) in [6, 6.07) is 14.1. The molecule has 0 spiro atoms. The minimum Gasteiger partial charge on any atom is -0.351 e. The number of thiophene rings is 1. The average molecular weight is 457 g/mol. The van der Waals surface area contributed by atoms with Crippen LogP contribution in [0.4, 0.5) is 0 Å². The first-order valence-electron chi connectivity index (χ1n) is 10.1. The second kappa shape index (κ2) is 9.59. The molecule has 1 amide bonds. The van der Waals surface area contributed by atoms with E-state index in [4.69, 9.17) is 5.10 Å². The van der Waals surface area contributed by atoms with Crippen LogP contribution in [0.2, 0.25) is 0 Å². The number of hydrogen-bond donors (Lipinski definition) is 1. The van der Waals surface area contributed by atoms with E-state index in [0.717, 1.165) is 21.7 Å². The predicted molar refractivity (Wildman–Crippen MR) is 123 cm³/mol. The Balaban J connectivity index is 1.42. The lowest BCUT2D eigenvalue weighted by atomic mass is 10.2. The third-order valence-corrected chi connectivity index (χ3v) is 7.84. The Bertz CT molecular complexity index is 1150. The van der Waals surface area contributed by atoms with E-state index in [-0.39, 0.29) is 18.2 Å². The Hall–Kier alpha value is -2.75. The largest absolute Gasteiger partial charge is 0.351 e. The Labute approximate surface area is 186 Å². The number of amides is 1. The Morgan fingerprint density at radius 1 is 1.19 bits per heavy atom. The lowest BCUT2D eigenvalue weighted by Crippen LogP contribution is -2.35. The van der Waals surface area contributed by atoms with Crippen LogP contribution in [0.25, 0.3) is 16.6 Å². The molecule has 1 N–H and O–H groups in total. The number of nitrogens with zero attached hydrogens (tertiary/aromatic N) is 3. The molecule has 0 radical (unpaired) electrons. The number of hydrogen-bond acceptors (Lipinski definition) is 5. The molecular weight excluding hydrogens is 432 g/mol. The highest BCUT2D eigenvalue weighted by Crippen LogP contribution is 2.27. The smallest absolute Gasteiger partial charge is 0.244 e. The van der Waals surface area contributed by atoms with E-state index < -0.39 is 10.0 Å². The minimum atomic E-state index is -3.14. The highest BCUT2D eigenvalue weighted by Gasteiger charge is 2.27. The van der Waals surface area contributed by atoms with Gasteiger partial charge in [-0.15, -0.1) is 11.3 Å². The maximum atomic E-state index is 12.3. The summed E-state index contributed by atoms with van der Waals surface area (Å²) in [5, 5.41) is 9.49. The van der Waals surface area contributed by atoms with E-state index in [1.54, 1.807) is 17.4 Å². The van der Waals surface area contributed by atoms with Crippen molar-refractivity contribution in [3.63, 3.8) is 0 Å². The predicted octanol–water partition coefficient (Wildman–Crippen LogP) is 2.82. The van der Waals surface area contributed by atoms with Crippen LogP contribution in [0.5, 0.6) is 0 Å². The molecule has 162 valence electrons. The fourth-order valence-electron chi connectivity index (χ4n) is 3.49. The minimum absolute atomic E-state index is 0.194. The molecule has 3 aromatic rings. The van der Waals surface area contributed by atoms with Gasteiger partial charge in [-0.2, -0.15) is 5.10 Å². The summed E-state index contributed by atoms with van der Waals surface area (Å²) in [7, 11) is -3.14. The maximum Gasteiger partial charge on any atom is 0.244 e. The molecule has 0 atom stereocenters. The Kier molecular flexibility index (Phi) is 6.64. The van der Waals surface area contributed by atoms with E-state index in [2.05, 4.69) is 17.4 Å². The number of carbonyl (C=O) groups is 1. The van der Waals surface area contributed by atoms with Gasteiger partial charge in [-0.05, 0) is 29.5 Å². The van der Waals surface area contributed by atoms with Crippen LogP contribution in [0.3, 0.4) is 0 Å². The molecule has 0 aliphatic carbocycles. The number of nitrogens with one attached hydrogen (secondary N) is 1. The first-order valence-corrected chi connectivity index (χ1v) is 12.6. The van der Waals surface area contributed by atoms with Crippen LogP contribution in [0.1, 0.15) is 17.5 Å². The molecule has 1 fully saturated rings. The van der Waals surface area contributed by atoms with Crippen molar-refractivity contribution >= 4 is 33.3 Å². The van der Waals surface area contributed by atoms with Crippen LogP contribution in [-0.4, -0.2) is 53.8 Å². The van der Waals surface area contributed by atoms with Gasteiger partial charge in [-0.25, -0.2) is 12.7 Å². The molecule has 31 heavy (non-hydrogen) atoms. The van der Waals surface area contributed by atoms with E-state index in [1.807, 2.05) is 46.6 Å². The van der Waals surface area contributed by atoms with Crippen molar-refractivity contribution in [1.82, 2.24) is 19.4 Å². The van der Waals surface area contributed by atoms with E-state index in [0.29, 0.717) is 26.1 Å². The van der Waals surface area contributed by atoms with Crippen molar-refractivity contribution in [3.8, 4) is 10.6 Å². The van der Waals surface area contributed by atoms with Crippen molar-refractivity contribution in [2.24, 2.45) is 0 Å². The fourth-order valence-corrected chi connectivity index (χ4v) is 5.75. The standard InChI is InChI=1S/C22H24N4O3S2/c27-21(23-11-13-26-12-5-15-31(26,28)29)10-9-19-17-25(16-18-6-2-1-3-7-18)24-22(19)20-8-4-14-30-20/h1-4,6-10,14,17H,5,11-13,15-16H2,(H,23,27). The molecular formula is C22H24N4O3S2. The van der Waals surface area contributed by atoms with Gasteiger partial charge >= 0.3 is 0 Å². The first kappa shape index (κ1) is 21.5. The molecule has 0 bridgehead atoms. The summed E-state index contributed by atoms with van der Waals surface area (Å²) in [4.78, 5) is 13.3. The third-order valence-electron chi connectivity index (χ3n) is 5.01. The number of rotatable bonds is 8. The van der Waals surface area contributed by atoms with Crippen LogP contribution < -0.4 is 5.32 Å². The van der Waals surface area contributed by atoms with Crippen LogP contribution in [0.15, 0.2) is 60.1 Å². The van der Waals surface area contributed by atoms with Crippen molar-refractivity contribution in [1.29, 1.82) is 0 Å². The first-order chi connectivity index (χ1) is 15.0. The summed E-state index contributed by atoms with van der Waals surface area (Å²) in [5.41, 5.74) is 2.83. The molecule has 3 heterocycles. The lowest BCUT2D eigenvalue weighted by Gasteiger charge is -2.13. The molecule has 4 rings (SSSR count). The number of aromatic nitrogens is 2. The zero-order valence-corrected chi connectivity index (χ0v) is 18.6. The molecule has 2 aromatic heterocycles. The van der Waals surface area contributed by atoms with Gasteiger partial charge < -0.3 is 5.32 Å². The van der Waals surface area contributed by atoms with Gasteiger partial charge in [0, 0.05) is 37.5 Å². The van der Waals surface area contributed by atoms with Crippen molar-refractivity contribution in [2.45, 2.75) is 13.0 Å². The number of carbonyl (C=O) groups excluding carboxylic acids is 1. The third kappa shape index (κ3) is 5.49. The average Bonchev–Trinajstić information content (AvgIpc) is 3.48. The summed E-state index contributed by atoms with van der Waals surface area (Å²) in [6.07, 6.45) is 5.81. The van der Waals surface area contributed by atoms with E-state index in [1.165, 1.54) is 10.4 Å². The SMILES string of the molecule is O=C(C=Cc1cn(Cc2ccccc2)nc1-c1cccs1)NCCN1CCCS1(=O)=O. The molecule has 1 aliphatic heterocycles. The molecule has 7 nitrogen and oxygen atoms in total. The zero-order valence-electron chi connectivity index (χ0n) is 17.0. The number of benzene rings is 1. The second-order valence-corrected chi connectivity index (χ2v) is 10.3. The van der Waals surface area contributed by atoms with Gasteiger partial charge in [-0.1, -0.05) is 36.4 Å². The Morgan fingerprint density at radius 2 is 2.03 bits per heavy atom. The van der Waals surface area contributed by atoms with Gasteiger partial charge in [0.2, 0.25) is 15.9 Å². The fraction of sp³-hybridized carbons (Fsp3) is 0.273. The summed E-state index contributed by atoms with van der Waals surface area (Å²) >= 11 is 1.60. The monoisotopic (exact) mass is 456 g/mol. The quantitative estimate of drug-likeness (QED) is 0.528. The Morgan fingerprint density at radius 3 is 2.74 bits per heavy atom. The van der Waals surface area contributed by atoms with Crippen LogP contribution >= 0.6 is 11.3 Å². The zero-order chi connectivity index (χ0) is 21.7. The normalized spacial score (nSPS) is 16.1. The van der Waals surface area contributed by atoms with Crippen LogP contribution in [0, 0.1) is 0 Å². The molecule has 1 aliphatic rings. The molecule has 0 unspecified atom stereocenters. The van der Waals surface area contributed by atoms with Gasteiger partial charge in [0.1, 0.15) is 5.69 Å². The molecule has 9 heteroatoms. The summed E-state index contributed by atoms with van der Waals surface area (Å²) in [5.74, 6) is -0.0659. The summed E-state index contributed by atoms with van der Waals surface area (Å²) < 4.78 is 27.0. The van der Waals surface area contributed by atoms with Gasteiger partial charge in [-0.3, -0.25) is 9.48 Å². The highest BCUT2D eigenvalue weighted by atomic mass is 32.2. The highest BCUT2D eigenvalue weighted by molar-refractivity contribution is 7.89. The van der Waals surface area contributed by atoms with Gasteiger partial charge in [0.05, 0.1) is 17.2 Å². The van der Waals surface area contributed by atoms with Crippen LogP contribution in [-0.2, 0) is 21.4 Å². The molecule has 1 aromatic carbocycles. The van der Waals surface area contributed by atoms with E-state index in [9.17, 15) is 13.2 Å².